The van der Waals surface area contributed by atoms with Crippen LogP contribution in [0.5, 0.6) is 0 Å². The molecule has 2 heterocycles. The average Bonchev–Trinajstić information content (AvgIpc) is 2.99. The maximum atomic E-state index is 12.5. The van der Waals surface area contributed by atoms with E-state index < -0.39 is 0 Å². The number of hydrogen-bond donors (Lipinski definition) is 2. The van der Waals surface area contributed by atoms with Crippen LogP contribution in [0.2, 0.25) is 0 Å². The van der Waals surface area contributed by atoms with Crippen LogP contribution in [-0.2, 0) is 0 Å². The fourth-order valence-corrected chi connectivity index (χ4v) is 3.43. The molecule has 1 aliphatic heterocycles. The van der Waals surface area contributed by atoms with Gasteiger partial charge in [-0.3, -0.25) is 4.79 Å². The van der Waals surface area contributed by atoms with Crippen molar-refractivity contribution in [1.82, 2.24) is 25.6 Å². The quantitative estimate of drug-likeness (QED) is 0.787. The molecule has 1 fully saturated rings. The van der Waals surface area contributed by atoms with E-state index in [9.17, 15) is 4.79 Å². The fraction of sp³-hybridized carbons (Fsp3) is 0.824. The summed E-state index contributed by atoms with van der Waals surface area (Å²) in [6, 6.07) is 0.353. The topological polar surface area (TPSA) is 71.8 Å². The molecule has 0 radical (unpaired) electrons. The van der Waals surface area contributed by atoms with Crippen LogP contribution in [0.1, 0.15) is 75.1 Å². The molecule has 0 saturated carbocycles. The lowest BCUT2D eigenvalue weighted by atomic mass is 9.80. The van der Waals surface area contributed by atoms with Crippen LogP contribution in [-0.4, -0.2) is 40.5 Å². The van der Waals surface area contributed by atoms with Gasteiger partial charge in [0.2, 0.25) is 0 Å². The van der Waals surface area contributed by atoms with E-state index in [0.29, 0.717) is 18.3 Å². The molecule has 1 aliphatic rings. The highest BCUT2D eigenvalue weighted by atomic mass is 35.5. The summed E-state index contributed by atoms with van der Waals surface area (Å²) in [5, 5.41) is 14.8. The monoisotopic (exact) mass is 357 g/mol. The maximum Gasteiger partial charge on any atom is 0.273 e. The smallest absolute Gasteiger partial charge is 0.273 e. The van der Waals surface area contributed by atoms with Gasteiger partial charge in [0.05, 0.1) is 11.7 Å². The SMILES string of the molecule is CCC(CC)(CC)CNC(=O)c1nnn(C2CCNCC2)c1C.Cl. The van der Waals surface area contributed by atoms with Gasteiger partial charge < -0.3 is 10.6 Å². The van der Waals surface area contributed by atoms with Crippen LogP contribution < -0.4 is 10.6 Å². The molecule has 138 valence electrons. The van der Waals surface area contributed by atoms with Gasteiger partial charge in [-0.25, -0.2) is 4.68 Å². The van der Waals surface area contributed by atoms with Crippen LogP contribution in [0.15, 0.2) is 0 Å². The highest BCUT2D eigenvalue weighted by Gasteiger charge is 2.27. The average molecular weight is 358 g/mol. The van der Waals surface area contributed by atoms with Gasteiger partial charge in [0, 0.05) is 6.54 Å². The predicted octanol–water partition coefficient (Wildman–Crippen LogP) is 2.88. The summed E-state index contributed by atoms with van der Waals surface area (Å²) in [7, 11) is 0. The molecule has 7 heteroatoms. The molecule has 1 amide bonds. The van der Waals surface area contributed by atoms with Crippen molar-refractivity contribution in [2.75, 3.05) is 19.6 Å². The van der Waals surface area contributed by atoms with Gasteiger partial charge in [-0.2, -0.15) is 0 Å². The van der Waals surface area contributed by atoms with Gasteiger partial charge in [-0.05, 0) is 57.5 Å². The van der Waals surface area contributed by atoms with Crippen molar-refractivity contribution in [3.63, 3.8) is 0 Å². The molecule has 24 heavy (non-hydrogen) atoms. The second-order valence-electron chi connectivity index (χ2n) is 6.69. The maximum absolute atomic E-state index is 12.5. The Balaban J connectivity index is 0.00000288. The standard InChI is InChI=1S/C17H31N5O.ClH/c1-5-17(6-2,7-3)12-19-16(23)15-13(4)22(21-20-15)14-8-10-18-11-9-14;/h14,18H,5-12H2,1-4H3,(H,19,23);1H. The van der Waals surface area contributed by atoms with Gasteiger partial charge in [-0.15, -0.1) is 17.5 Å². The van der Waals surface area contributed by atoms with E-state index in [-0.39, 0.29) is 23.7 Å². The Kier molecular flexibility index (Phi) is 8.16. The summed E-state index contributed by atoms with van der Waals surface area (Å²) in [6.07, 6.45) is 5.29. The Morgan fingerprint density at radius 1 is 1.25 bits per heavy atom. The minimum atomic E-state index is -0.0950. The third-order valence-corrected chi connectivity index (χ3v) is 5.67. The van der Waals surface area contributed by atoms with E-state index in [1.165, 1.54) is 0 Å². The van der Waals surface area contributed by atoms with Crippen LogP contribution in [0.3, 0.4) is 0 Å². The zero-order valence-corrected chi connectivity index (χ0v) is 16.2. The Bertz CT molecular complexity index is 513. The zero-order valence-electron chi connectivity index (χ0n) is 15.4. The third kappa shape index (κ3) is 4.48. The molecule has 0 aliphatic carbocycles. The van der Waals surface area contributed by atoms with Gasteiger partial charge in [0.15, 0.2) is 5.69 Å². The molecular formula is C17H32ClN5O. The van der Waals surface area contributed by atoms with Crippen molar-refractivity contribution in [2.24, 2.45) is 5.41 Å². The molecule has 1 aromatic heterocycles. The number of nitrogens with one attached hydrogen (secondary N) is 2. The summed E-state index contributed by atoms with van der Waals surface area (Å²) >= 11 is 0. The lowest BCUT2D eigenvalue weighted by molar-refractivity contribution is 0.0918. The lowest BCUT2D eigenvalue weighted by Crippen LogP contribution is -2.37. The Labute approximate surface area is 151 Å². The van der Waals surface area contributed by atoms with E-state index in [0.717, 1.165) is 50.9 Å². The molecule has 6 nitrogen and oxygen atoms in total. The molecule has 2 N–H and O–H groups in total. The van der Waals surface area contributed by atoms with Gasteiger partial charge in [-0.1, -0.05) is 26.0 Å². The molecule has 0 atom stereocenters. The van der Waals surface area contributed by atoms with E-state index in [2.05, 4.69) is 41.7 Å². The highest BCUT2D eigenvalue weighted by Crippen LogP contribution is 2.29. The number of amides is 1. The number of nitrogens with zero attached hydrogens (tertiary/aromatic N) is 3. The zero-order chi connectivity index (χ0) is 16.9. The van der Waals surface area contributed by atoms with Crippen molar-refractivity contribution < 1.29 is 4.79 Å². The van der Waals surface area contributed by atoms with Gasteiger partial charge >= 0.3 is 0 Å². The van der Waals surface area contributed by atoms with Gasteiger partial charge in [0.25, 0.3) is 5.91 Å². The van der Waals surface area contributed by atoms with E-state index in [1.54, 1.807) is 0 Å². The minimum Gasteiger partial charge on any atom is -0.350 e. The lowest BCUT2D eigenvalue weighted by Gasteiger charge is -2.30. The Morgan fingerprint density at radius 2 is 1.83 bits per heavy atom. The van der Waals surface area contributed by atoms with E-state index in [1.807, 2.05) is 11.6 Å². The molecule has 2 rings (SSSR count). The van der Waals surface area contributed by atoms with E-state index in [4.69, 9.17) is 0 Å². The molecule has 0 unspecified atom stereocenters. The van der Waals surface area contributed by atoms with Crippen LogP contribution >= 0.6 is 12.4 Å². The molecule has 1 saturated heterocycles. The summed E-state index contributed by atoms with van der Waals surface area (Å²) in [5.74, 6) is -0.0950. The molecule has 0 spiro atoms. The first-order valence-corrected chi connectivity index (χ1v) is 8.97. The Morgan fingerprint density at radius 3 is 2.38 bits per heavy atom. The first-order chi connectivity index (χ1) is 11.1. The van der Waals surface area contributed by atoms with E-state index >= 15 is 0 Å². The van der Waals surface area contributed by atoms with Crippen LogP contribution in [0.4, 0.5) is 0 Å². The van der Waals surface area contributed by atoms with Crippen LogP contribution in [0, 0.1) is 12.3 Å². The van der Waals surface area contributed by atoms with Crippen LogP contribution in [0.25, 0.3) is 0 Å². The number of rotatable bonds is 7. The first-order valence-electron chi connectivity index (χ1n) is 8.97. The number of hydrogen-bond acceptors (Lipinski definition) is 4. The number of aromatic nitrogens is 3. The fourth-order valence-electron chi connectivity index (χ4n) is 3.43. The summed E-state index contributed by atoms with van der Waals surface area (Å²) in [5.41, 5.74) is 1.54. The summed E-state index contributed by atoms with van der Waals surface area (Å²) in [4.78, 5) is 12.5. The number of carbonyl (C=O) groups excluding carboxylic acids is 1. The number of carbonyl (C=O) groups is 1. The summed E-state index contributed by atoms with van der Waals surface area (Å²) < 4.78 is 1.93. The number of halogens is 1. The second-order valence-corrected chi connectivity index (χ2v) is 6.69. The first kappa shape index (κ1) is 20.9. The number of piperidine rings is 1. The van der Waals surface area contributed by atoms with Crippen molar-refractivity contribution in [3.8, 4) is 0 Å². The normalized spacial score (nSPS) is 15.8. The molecule has 0 bridgehead atoms. The van der Waals surface area contributed by atoms with Crippen molar-refractivity contribution in [3.05, 3.63) is 11.4 Å². The Hall–Kier alpha value is -1.14. The molecular weight excluding hydrogens is 326 g/mol. The predicted molar refractivity (Wildman–Crippen MR) is 98.8 cm³/mol. The third-order valence-electron chi connectivity index (χ3n) is 5.67. The highest BCUT2D eigenvalue weighted by molar-refractivity contribution is 5.93. The summed E-state index contributed by atoms with van der Waals surface area (Å²) in [6.45, 7) is 11.2. The van der Waals surface area contributed by atoms with Crippen molar-refractivity contribution in [1.29, 1.82) is 0 Å². The second kappa shape index (κ2) is 9.37. The van der Waals surface area contributed by atoms with Crippen molar-refractivity contribution in [2.45, 2.75) is 65.8 Å². The molecule has 0 aromatic carbocycles. The largest absolute Gasteiger partial charge is 0.350 e. The molecule has 1 aromatic rings. The van der Waals surface area contributed by atoms with Crippen molar-refractivity contribution >= 4 is 18.3 Å². The van der Waals surface area contributed by atoms with Gasteiger partial charge in [0.1, 0.15) is 0 Å². The minimum absolute atomic E-state index is 0.